The lowest BCUT2D eigenvalue weighted by molar-refractivity contribution is -0.191. The highest BCUT2D eigenvalue weighted by Crippen LogP contribution is 2.33. The van der Waals surface area contributed by atoms with E-state index < -0.39 is 5.82 Å². The number of para-hydroxylation sites is 1. The molecular weight excluding hydrogens is 465 g/mol. The predicted molar refractivity (Wildman–Crippen MR) is 129 cm³/mol. The number of anilines is 1. The van der Waals surface area contributed by atoms with Crippen molar-refractivity contribution in [3.05, 3.63) is 65.9 Å². The Labute approximate surface area is 207 Å². The summed E-state index contributed by atoms with van der Waals surface area (Å²) < 4.78 is 21.1. The second kappa shape index (κ2) is 11.3. The van der Waals surface area contributed by atoms with Gasteiger partial charge < -0.3 is 10.5 Å². The van der Waals surface area contributed by atoms with Crippen LogP contribution in [0.25, 0.3) is 22.6 Å². The maximum Gasteiger partial charge on any atom is 0.373 e. The summed E-state index contributed by atoms with van der Waals surface area (Å²) in [7, 11) is 1.41. The van der Waals surface area contributed by atoms with Gasteiger partial charge in [0.05, 0.1) is 36.9 Å². The fourth-order valence-electron chi connectivity index (χ4n) is 3.44. The smallest absolute Gasteiger partial charge is 0.373 e. The zero-order valence-electron chi connectivity index (χ0n) is 20.4. The first-order valence-electron chi connectivity index (χ1n) is 11.1. The molecule has 0 aliphatic carbocycles. The number of nitrogens with zero attached hydrogens (tertiary/aromatic N) is 6. The molecule has 4 aromatic rings. The molecule has 0 radical (unpaired) electrons. The van der Waals surface area contributed by atoms with Crippen molar-refractivity contribution < 1.29 is 18.7 Å². The number of pyridine rings is 1. The summed E-state index contributed by atoms with van der Waals surface area (Å²) in [5.41, 5.74) is 9.77. The third-order valence-electron chi connectivity index (χ3n) is 5.70. The van der Waals surface area contributed by atoms with Crippen LogP contribution in [0.4, 0.5) is 10.3 Å². The number of carbonyl (C=O) groups excluding carboxylic acids is 2. The summed E-state index contributed by atoms with van der Waals surface area (Å²) in [4.78, 5) is 29.6. The molecule has 10 nitrogen and oxygen atoms in total. The highest BCUT2D eigenvalue weighted by Gasteiger charge is 2.20. The van der Waals surface area contributed by atoms with Crippen LogP contribution in [0.2, 0.25) is 0 Å². The fraction of sp³-hybridized carbons (Fsp3) is 0.280. The number of nitrogen functional groups attached to an aromatic ring is 1. The molecule has 3 aromatic heterocycles. The first-order valence-corrected chi connectivity index (χ1v) is 11.1. The van der Waals surface area contributed by atoms with Crippen molar-refractivity contribution in [3.63, 3.8) is 0 Å². The van der Waals surface area contributed by atoms with Crippen molar-refractivity contribution in [2.45, 2.75) is 39.2 Å². The zero-order valence-corrected chi connectivity index (χ0v) is 20.4. The standard InChI is InChI=1S/C24H26FN7O.CO2/c1-5-24(2,3)21-11-6-8-15(27-21)13-32-14-20(30-31-32)19-12-18(28-23(26)29-19)16-9-7-10-17(25)22(16)33-4;2-1-3/h6-12,14H,5,13H2,1-4H3,(H2,26,28,29);. The molecule has 2 N–H and O–H groups in total. The van der Waals surface area contributed by atoms with Crippen LogP contribution in [0, 0.1) is 5.82 Å². The molecule has 0 amide bonds. The second-order valence-electron chi connectivity index (χ2n) is 8.45. The van der Waals surface area contributed by atoms with E-state index in [-0.39, 0.29) is 23.3 Å². The Morgan fingerprint density at radius 2 is 1.75 bits per heavy atom. The number of nitrogens with two attached hydrogens (primary N) is 1. The number of rotatable bonds is 7. The van der Waals surface area contributed by atoms with Gasteiger partial charge in [0, 0.05) is 16.7 Å². The van der Waals surface area contributed by atoms with E-state index in [1.54, 1.807) is 29.1 Å². The molecule has 1 aromatic carbocycles. The van der Waals surface area contributed by atoms with Gasteiger partial charge in [0.15, 0.2) is 11.6 Å². The van der Waals surface area contributed by atoms with Crippen LogP contribution < -0.4 is 10.5 Å². The molecule has 186 valence electrons. The number of hydrogen-bond donors (Lipinski definition) is 1. The molecule has 0 unspecified atom stereocenters. The Kier molecular flexibility index (Phi) is 8.18. The summed E-state index contributed by atoms with van der Waals surface area (Å²) in [5, 5.41) is 8.46. The number of methoxy groups -OCH3 is 1. The van der Waals surface area contributed by atoms with Crippen molar-refractivity contribution in [2.24, 2.45) is 0 Å². The number of halogens is 1. The Bertz CT molecular complexity index is 1380. The second-order valence-corrected chi connectivity index (χ2v) is 8.45. The molecule has 0 fully saturated rings. The summed E-state index contributed by atoms with van der Waals surface area (Å²) in [6, 6.07) is 12.3. The monoisotopic (exact) mass is 491 g/mol. The van der Waals surface area contributed by atoms with Crippen LogP contribution in [-0.4, -0.2) is 43.2 Å². The van der Waals surface area contributed by atoms with E-state index in [0.29, 0.717) is 29.2 Å². The van der Waals surface area contributed by atoms with E-state index in [4.69, 9.17) is 25.0 Å². The molecule has 11 heteroatoms. The van der Waals surface area contributed by atoms with Gasteiger partial charge in [0.2, 0.25) is 5.95 Å². The van der Waals surface area contributed by atoms with E-state index in [1.807, 2.05) is 18.2 Å². The van der Waals surface area contributed by atoms with Crippen LogP contribution in [-0.2, 0) is 21.5 Å². The molecule has 0 aliphatic rings. The summed E-state index contributed by atoms with van der Waals surface area (Å²) in [6.45, 7) is 6.97. The maximum absolute atomic E-state index is 14.2. The molecule has 36 heavy (non-hydrogen) atoms. The van der Waals surface area contributed by atoms with Gasteiger partial charge >= 0.3 is 6.15 Å². The average Bonchev–Trinajstić information content (AvgIpc) is 3.32. The van der Waals surface area contributed by atoms with Gasteiger partial charge in [-0.15, -0.1) is 5.10 Å². The number of hydrogen-bond acceptors (Lipinski definition) is 9. The zero-order chi connectivity index (χ0) is 26.3. The van der Waals surface area contributed by atoms with Crippen molar-refractivity contribution >= 4 is 12.1 Å². The minimum Gasteiger partial charge on any atom is -0.493 e. The molecule has 0 saturated heterocycles. The Morgan fingerprint density at radius 1 is 1.06 bits per heavy atom. The van der Waals surface area contributed by atoms with Crippen molar-refractivity contribution in [2.75, 3.05) is 12.8 Å². The molecule has 3 heterocycles. The molecule has 4 rings (SSSR count). The molecule has 0 spiro atoms. The van der Waals surface area contributed by atoms with E-state index in [9.17, 15) is 4.39 Å². The van der Waals surface area contributed by atoms with E-state index in [2.05, 4.69) is 41.1 Å². The van der Waals surface area contributed by atoms with Gasteiger partial charge in [0.1, 0.15) is 5.69 Å². The minimum atomic E-state index is -0.486. The van der Waals surface area contributed by atoms with Gasteiger partial charge in [-0.1, -0.05) is 38.1 Å². The molecule has 0 aliphatic heterocycles. The Morgan fingerprint density at radius 3 is 2.44 bits per heavy atom. The predicted octanol–water partition coefficient (Wildman–Crippen LogP) is 3.68. The number of ether oxygens (including phenoxy) is 1. The largest absolute Gasteiger partial charge is 0.493 e. The van der Waals surface area contributed by atoms with Crippen LogP contribution in [0.5, 0.6) is 5.75 Å². The van der Waals surface area contributed by atoms with Gasteiger partial charge in [-0.25, -0.2) is 19.0 Å². The third-order valence-corrected chi connectivity index (χ3v) is 5.70. The van der Waals surface area contributed by atoms with Crippen LogP contribution >= 0.6 is 0 Å². The van der Waals surface area contributed by atoms with Crippen molar-refractivity contribution in [3.8, 4) is 28.4 Å². The number of aromatic nitrogens is 6. The topological polar surface area (TPSA) is 139 Å². The van der Waals surface area contributed by atoms with E-state index in [0.717, 1.165) is 17.8 Å². The molecular formula is C25H26FN7O3. The Balaban J connectivity index is 0.00000115. The van der Waals surface area contributed by atoms with Crippen molar-refractivity contribution in [1.29, 1.82) is 0 Å². The van der Waals surface area contributed by atoms with Gasteiger partial charge in [-0.05, 0) is 36.8 Å². The summed E-state index contributed by atoms with van der Waals surface area (Å²) >= 11 is 0. The van der Waals surface area contributed by atoms with E-state index >= 15 is 0 Å². The van der Waals surface area contributed by atoms with Crippen LogP contribution in [0.3, 0.4) is 0 Å². The first-order chi connectivity index (χ1) is 17.2. The average molecular weight is 492 g/mol. The molecule has 0 saturated carbocycles. The summed E-state index contributed by atoms with van der Waals surface area (Å²) in [5.74, 6) is -0.355. The van der Waals surface area contributed by atoms with Crippen LogP contribution in [0.1, 0.15) is 38.6 Å². The third kappa shape index (κ3) is 5.94. The normalized spacial score (nSPS) is 10.8. The van der Waals surface area contributed by atoms with Gasteiger partial charge in [-0.2, -0.15) is 9.59 Å². The highest BCUT2D eigenvalue weighted by atomic mass is 19.1. The highest BCUT2D eigenvalue weighted by molar-refractivity contribution is 5.72. The lowest BCUT2D eigenvalue weighted by Crippen LogP contribution is -2.18. The SMILES string of the molecule is CCC(C)(C)c1cccc(Cn2cc(-c3cc(-c4cccc(F)c4OC)nc(N)n3)nn2)n1.O=C=O. The lowest BCUT2D eigenvalue weighted by Gasteiger charge is -2.22. The Hall–Kier alpha value is -4.50. The van der Waals surface area contributed by atoms with Gasteiger partial charge in [0.25, 0.3) is 0 Å². The summed E-state index contributed by atoms with van der Waals surface area (Å²) in [6.07, 6.45) is 3.01. The lowest BCUT2D eigenvalue weighted by atomic mass is 9.86. The number of benzene rings is 1. The quantitative estimate of drug-likeness (QED) is 0.410. The molecule has 0 atom stereocenters. The fourth-order valence-corrected chi connectivity index (χ4v) is 3.44. The first kappa shape index (κ1) is 26.1. The maximum atomic E-state index is 14.2. The van der Waals surface area contributed by atoms with Crippen molar-refractivity contribution in [1.82, 2.24) is 29.9 Å². The van der Waals surface area contributed by atoms with Gasteiger partial charge in [-0.3, -0.25) is 4.98 Å². The van der Waals surface area contributed by atoms with Crippen LogP contribution in [0.15, 0.2) is 48.7 Å². The minimum absolute atomic E-state index is 0.00358. The van der Waals surface area contributed by atoms with E-state index in [1.165, 1.54) is 13.2 Å². The molecule has 0 bridgehead atoms.